The van der Waals surface area contributed by atoms with Crippen molar-refractivity contribution in [2.75, 3.05) is 63.2 Å². The summed E-state index contributed by atoms with van der Waals surface area (Å²) in [6.45, 7) is 15.2. The second kappa shape index (κ2) is 13.2. The SMILES string of the molecule is [C-]#[N+]CC1CN(c2nc(OCCC3CCCC3N(C)C)nc3c2CCN(c2cccc4ccccc24)C3)CCN1C(=O)C=C. The number of anilines is 2. The molecular weight excluding hydrogens is 550 g/mol. The predicted octanol–water partition coefficient (Wildman–Crippen LogP) is 4.81. The number of amides is 1. The van der Waals surface area contributed by atoms with E-state index in [0.717, 1.165) is 36.5 Å². The third-order valence-electron chi connectivity index (χ3n) is 9.67. The van der Waals surface area contributed by atoms with Gasteiger partial charge in [-0.2, -0.15) is 9.97 Å². The Morgan fingerprint density at radius 1 is 1.11 bits per heavy atom. The van der Waals surface area contributed by atoms with Crippen molar-refractivity contribution in [2.45, 2.75) is 50.7 Å². The summed E-state index contributed by atoms with van der Waals surface area (Å²) in [7, 11) is 4.35. The molecule has 2 aliphatic heterocycles. The van der Waals surface area contributed by atoms with E-state index in [0.29, 0.717) is 50.8 Å². The van der Waals surface area contributed by atoms with Crippen molar-refractivity contribution in [1.29, 1.82) is 0 Å². The van der Waals surface area contributed by atoms with E-state index in [-0.39, 0.29) is 18.5 Å². The van der Waals surface area contributed by atoms with E-state index in [4.69, 9.17) is 21.3 Å². The van der Waals surface area contributed by atoms with Crippen LogP contribution in [0.1, 0.15) is 36.9 Å². The maximum absolute atomic E-state index is 12.6. The molecule has 1 aliphatic carbocycles. The summed E-state index contributed by atoms with van der Waals surface area (Å²) in [5.41, 5.74) is 3.34. The van der Waals surface area contributed by atoms with Gasteiger partial charge < -0.3 is 29.2 Å². The zero-order valence-corrected chi connectivity index (χ0v) is 26.0. The molecule has 9 nitrogen and oxygen atoms in total. The fourth-order valence-electron chi connectivity index (χ4n) is 7.46. The van der Waals surface area contributed by atoms with Gasteiger partial charge in [-0.15, -0.1) is 0 Å². The summed E-state index contributed by atoms with van der Waals surface area (Å²) in [5.74, 6) is 1.38. The van der Waals surface area contributed by atoms with Crippen LogP contribution in [0, 0.1) is 12.5 Å². The Balaban J connectivity index is 1.29. The fraction of sp³-hybridized carbons (Fsp3) is 0.486. The normalized spacial score (nSPS) is 21.8. The number of benzene rings is 2. The van der Waals surface area contributed by atoms with E-state index >= 15 is 0 Å². The lowest BCUT2D eigenvalue weighted by atomic mass is 9.99. The summed E-state index contributed by atoms with van der Waals surface area (Å²) < 4.78 is 6.34. The van der Waals surface area contributed by atoms with Crippen molar-refractivity contribution >= 4 is 28.2 Å². The molecule has 3 heterocycles. The van der Waals surface area contributed by atoms with Crippen LogP contribution in [0.25, 0.3) is 15.6 Å². The molecule has 6 rings (SSSR count). The molecule has 0 bridgehead atoms. The van der Waals surface area contributed by atoms with Gasteiger partial charge in [-0.3, -0.25) is 4.79 Å². The quantitative estimate of drug-likeness (QED) is 0.261. The molecular formula is C35H43N7O2. The molecule has 3 atom stereocenters. The van der Waals surface area contributed by atoms with Gasteiger partial charge >= 0.3 is 6.01 Å². The van der Waals surface area contributed by atoms with Crippen LogP contribution < -0.4 is 14.5 Å². The second-order valence-electron chi connectivity index (χ2n) is 12.5. The molecule has 1 saturated carbocycles. The van der Waals surface area contributed by atoms with Crippen LogP contribution in [-0.2, 0) is 17.8 Å². The Bertz CT molecular complexity index is 1540. The molecule has 0 spiro atoms. The van der Waals surface area contributed by atoms with Gasteiger partial charge in [0.25, 0.3) is 0 Å². The lowest BCUT2D eigenvalue weighted by Gasteiger charge is -2.41. The Labute approximate surface area is 260 Å². The average Bonchev–Trinajstić information content (AvgIpc) is 3.53. The Morgan fingerprint density at radius 3 is 2.77 bits per heavy atom. The van der Waals surface area contributed by atoms with Gasteiger partial charge in [-0.05, 0) is 63.2 Å². The van der Waals surface area contributed by atoms with Crippen molar-refractivity contribution in [2.24, 2.45) is 5.92 Å². The zero-order chi connectivity index (χ0) is 30.6. The van der Waals surface area contributed by atoms with Gasteiger partial charge in [0.2, 0.25) is 12.5 Å². The number of rotatable bonds is 9. The first kappa shape index (κ1) is 29.9. The maximum Gasteiger partial charge on any atom is 0.318 e. The highest BCUT2D eigenvalue weighted by molar-refractivity contribution is 5.94. The molecule has 3 aromatic rings. The van der Waals surface area contributed by atoms with Gasteiger partial charge in [0, 0.05) is 48.9 Å². The molecule has 0 radical (unpaired) electrons. The minimum atomic E-state index is -0.220. The molecule has 3 unspecified atom stereocenters. The van der Waals surface area contributed by atoms with Crippen LogP contribution in [0.3, 0.4) is 0 Å². The molecule has 3 aliphatic rings. The van der Waals surface area contributed by atoms with E-state index in [1.54, 1.807) is 4.90 Å². The number of carbonyl (C=O) groups is 1. The lowest BCUT2D eigenvalue weighted by Crippen LogP contribution is -2.56. The predicted molar refractivity (Wildman–Crippen MR) is 175 cm³/mol. The molecule has 230 valence electrons. The molecule has 1 amide bonds. The minimum absolute atomic E-state index is 0.124. The van der Waals surface area contributed by atoms with Crippen LogP contribution in [0.15, 0.2) is 55.1 Å². The third kappa shape index (κ3) is 6.09. The largest absolute Gasteiger partial charge is 0.463 e. The second-order valence-corrected chi connectivity index (χ2v) is 12.5. The highest BCUT2D eigenvalue weighted by atomic mass is 16.5. The van der Waals surface area contributed by atoms with E-state index in [1.165, 1.54) is 41.8 Å². The molecule has 2 fully saturated rings. The molecule has 0 N–H and O–H groups in total. The van der Waals surface area contributed by atoms with Crippen LogP contribution in [0.2, 0.25) is 0 Å². The first-order valence-corrected chi connectivity index (χ1v) is 15.9. The number of nitrogens with zero attached hydrogens (tertiary/aromatic N) is 7. The number of fused-ring (bicyclic) bond motifs is 2. The fourth-order valence-corrected chi connectivity index (χ4v) is 7.46. The van der Waals surface area contributed by atoms with Crippen molar-refractivity contribution in [3.8, 4) is 6.01 Å². The van der Waals surface area contributed by atoms with E-state index < -0.39 is 0 Å². The highest BCUT2D eigenvalue weighted by Gasteiger charge is 2.35. The van der Waals surface area contributed by atoms with Crippen LogP contribution in [-0.4, -0.2) is 91.2 Å². The van der Waals surface area contributed by atoms with Crippen LogP contribution in [0.4, 0.5) is 11.5 Å². The van der Waals surface area contributed by atoms with Gasteiger partial charge in [0.15, 0.2) is 0 Å². The Hall–Kier alpha value is -4.16. The Morgan fingerprint density at radius 2 is 1.95 bits per heavy atom. The lowest BCUT2D eigenvalue weighted by molar-refractivity contribution is -0.128. The molecule has 1 saturated heterocycles. The first-order chi connectivity index (χ1) is 21.5. The number of hydrogen-bond acceptors (Lipinski definition) is 7. The van der Waals surface area contributed by atoms with Gasteiger partial charge in [0.05, 0.1) is 18.8 Å². The van der Waals surface area contributed by atoms with Gasteiger partial charge in [-0.1, -0.05) is 49.4 Å². The van der Waals surface area contributed by atoms with Gasteiger partial charge in [-0.25, -0.2) is 6.57 Å². The van der Waals surface area contributed by atoms with E-state index in [1.807, 2.05) is 0 Å². The summed E-state index contributed by atoms with van der Waals surface area (Å²) in [4.78, 5) is 35.0. The molecule has 9 heteroatoms. The monoisotopic (exact) mass is 593 g/mol. The highest BCUT2D eigenvalue weighted by Crippen LogP contribution is 2.35. The first-order valence-electron chi connectivity index (χ1n) is 15.9. The van der Waals surface area contributed by atoms with E-state index in [2.05, 4.69) is 82.7 Å². The van der Waals surface area contributed by atoms with Gasteiger partial charge in [0.1, 0.15) is 11.9 Å². The molecule has 2 aromatic carbocycles. The summed E-state index contributed by atoms with van der Waals surface area (Å²) in [6.07, 6.45) is 6.88. The number of aromatic nitrogens is 2. The summed E-state index contributed by atoms with van der Waals surface area (Å²) in [5, 5.41) is 2.46. The maximum atomic E-state index is 12.6. The Kier molecular flexibility index (Phi) is 8.99. The van der Waals surface area contributed by atoms with Crippen molar-refractivity contribution in [3.63, 3.8) is 0 Å². The van der Waals surface area contributed by atoms with Crippen molar-refractivity contribution < 1.29 is 9.53 Å². The number of ether oxygens (including phenoxy) is 1. The number of piperazine rings is 1. The minimum Gasteiger partial charge on any atom is -0.463 e. The summed E-state index contributed by atoms with van der Waals surface area (Å²) in [6, 6.07) is 15.8. The van der Waals surface area contributed by atoms with E-state index in [9.17, 15) is 4.79 Å². The van der Waals surface area contributed by atoms with Crippen LogP contribution in [0.5, 0.6) is 6.01 Å². The smallest absolute Gasteiger partial charge is 0.318 e. The topological polar surface area (TPSA) is 69.4 Å². The van der Waals surface area contributed by atoms with Crippen molar-refractivity contribution in [1.82, 2.24) is 19.8 Å². The molecule has 44 heavy (non-hydrogen) atoms. The number of carbonyl (C=O) groups excluding carboxylic acids is 1. The summed E-state index contributed by atoms with van der Waals surface area (Å²) >= 11 is 0. The standard InChI is InChI=1S/C35H43N7O2/c1-5-33(43)42-20-19-41(23-27(42)22-36-2)34-29-16-18-40(32-15-8-11-25-10-6-7-13-28(25)32)24-30(29)37-35(38-34)44-21-17-26-12-9-14-31(26)39(3)4/h5-8,10-11,13,15,26-27,31H,1,9,12,14,16-24H2,3-4H3. The number of hydrogen-bond donors (Lipinski definition) is 0. The van der Waals surface area contributed by atoms with Crippen LogP contribution >= 0.6 is 0 Å². The molecule has 1 aromatic heterocycles. The average molecular weight is 594 g/mol. The zero-order valence-electron chi connectivity index (χ0n) is 26.0. The van der Waals surface area contributed by atoms with Crippen molar-refractivity contribution in [3.05, 3.63) is 77.8 Å². The third-order valence-corrected chi connectivity index (χ3v) is 9.67.